The molecule has 2 aromatic rings. The number of benzene rings is 1. The highest BCUT2D eigenvalue weighted by Crippen LogP contribution is 2.35. The van der Waals surface area contributed by atoms with Gasteiger partial charge in [-0.15, -0.1) is 0 Å². The Morgan fingerprint density at radius 3 is 2.84 bits per heavy atom. The van der Waals surface area contributed by atoms with Crippen LogP contribution in [0, 0.1) is 6.92 Å². The van der Waals surface area contributed by atoms with E-state index in [-0.39, 0.29) is 12.6 Å². The minimum Gasteiger partial charge on any atom is -0.387 e. The van der Waals surface area contributed by atoms with Crippen molar-refractivity contribution in [3.8, 4) is 0 Å². The van der Waals surface area contributed by atoms with Gasteiger partial charge >= 0.3 is 6.18 Å². The van der Waals surface area contributed by atoms with Gasteiger partial charge in [0.25, 0.3) is 0 Å². The molecule has 2 N–H and O–H groups in total. The molecule has 1 heterocycles. The van der Waals surface area contributed by atoms with E-state index in [1.807, 2.05) is 31.2 Å². The Morgan fingerprint density at radius 2 is 2.12 bits per heavy atom. The number of rotatable bonds is 4. The maximum atomic E-state index is 13.0. The fraction of sp³-hybridized carbons (Fsp3) is 0.421. The van der Waals surface area contributed by atoms with Crippen LogP contribution in [0.1, 0.15) is 52.9 Å². The molecule has 1 aromatic heterocycles. The molecule has 0 saturated carbocycles. The Bertz CT molecular complexity index is 746. The lowest BCUT2D eigenvalue weighted by Gasteiger charge is -2.27. The summed E-state index contributed by atoms with van der Waals surface area (Å²) in [7, 11) is 0. The first-order chi connectivity index (χ1) is 11.8. The van der Waals surface area contributed by atoms with Crippen molar-refractivity contribution < 1.29 is 18.3 Å². The lowest BCUT2D eigenvalue weighted by atomic mass is 9.90. The fourth-order valence-electron chi connectivity index (χ4n) is 3.27. The number of fused-ring (bicyclic) bond motifs is 1. The standard InChI is InChI=1S/C19H21F3N2O/c1-12-4-2-5-13(8-12)18(25)11-24-17-7-3-6-16-15(17)9-14(10-23-16)19(20,21)22/h2,4-5,8-10,17-18,24-25H,3,6-7,11H2,1H3/t17-,18-/m0/s1. The van der Waals surface area contributed by atoms with E-state index in [1.54, 1.807) is 0 Å². The van der Waals surface area contributed by atoms with E-state index in [9.17, 15) is 18.3 Å². The van der Waals surface area contributed by atoms with Gasteiger partial charge in [-0.1, -0.05) is 29.8 Å². The van der Waals surface area contributed by atoms with Crippen LogP contribution in [0.15, 0.2) is 36.5 Å². The Kier molecular flexibility index (Phi) is 5.11. The molecule has 2 atom stereocenters. The van der Waals surface area contributed by atoms with Crippen LogP contribution in [0.5, 0.6) is 0 Å². The minimum absolute atomic E-state index is 0.224. The highest BCUT2D eigenvalue weighted by molar-refractivity contribution is 5.32. The van der Waals surface area contributed by atoms with Crippen molar-refractivity contribution in [2.45, 2.75) is 44.5 Å². The first kappa shape index (κ1) is 17.9. The predicted octanol–water partition coefficient (Wildman–Crippen LogP) is 4.11. The molecule has 0 saturated heterocycles. The third kappa shape index (κ3) is 4.19. The number of alkyl halides is 3. The summed E-state index contributed by atoms with van der Waals surface area (Å²) in [6.45, 7) is 2.23. The number of aryl methyl sites for hydroxylation is 2. The topological polar surface area (TPSA) is 45.1 Å². The van der Waals surface area contributed by atoms with Crippen molar-refractivity contribution in [2.75, 3.05) is 6.54 Å². The quantitative estimate of drug-likeness (QED) is 0.872. The molecule has 6 heteroatoms. The third-order valence-electron chi connectivity index (χ3n) is 4.60. The number of aliphatic hydroxyl groups is 1. The summed E-state index contributed by atoms with van der Waals surface area (Å²) in [5.41, 5.74) is 2.43. The molecule has 1 aliphatic rings. The van der Waals surface area contributed by atoms with Gasteiger partial charge in [0, 0.05) is 24.5 Å². The highest BCUT2D eigenvalue weighted by atomic mass is 19.4. The second kappa shape index (κ2) is 7.14. The van der Waals surface area contributed by atoms with Crippen molar-refractivity contribution in [1.82, 2.24) is 10.3 Å². The van der Waals surface area contributed by atoms with Gasteiger partial charge in [0.1, 0.15) is 0 Å². The summed E-state index contributed by atoms with van der Waals surface area (Å²) in [5, 5.41) is 13.6. The van der Waals surface area contributed by atoms with Crippen LogP contribution in [-0.4, -0.2) is 16.6 Å². The zero-order valence-corrected chi connectivity index (χ0v) is 14.0. The summed E-state index contributed by atoms with van der Waals surface area (Å²) < 4.78 is 38.9. The van der Waals surface area contributed by atoms with E-state index >= 15 is 0 Å². The largest absolute Gasteiger partial charge is 0.417 e. The van der Waals surface area contributed by atoms with Gasteiger partial charge in [-0.05, 0) is 43.4 Å². The van der Waals surface area contributed by atoms with Crippen molar-refractivity contribution in [2.24, 2.45) is 0 Å². The van der Waals surface area contributed by atoms with Gasteiger partial charge in [0.15, 0.2) is 0 Å². The molecule has 0 amide bonds. The SMILES string of the molecule is Cc1cccc([C@@H](O)CN[C@H]2CCCc3ncc(C(F)(F)F)cc32)c1. The monoisotopic (exact) mass is 350 g/mol. The van der Waals surface area contributed by atoms with Crippen molar-refractivity contribution >= 4 is 0 Å². The number of hydrogen-bond acceptors (Lipinski definition) is 3. The summed E-state index contributed by atoms with van der Waals surface area (Å²) in [5.74, 6) is 0. The average molecular weight is 350 g/mol. The molecule has 0 fully saturated rings. The van der Waals surface area contributed by atoms with Crippen LogP contribution < -0.4 is 5.32 Å². The van der Waals surface area contributed by atoms with Gasteiger partial charge in [0.2, 0.25) is 0 Å². The summed E-state index contributed by atoms with van der Waals surface area (Å²) in [6.07, 6.45) is -1.91. The normalized spacial score (nSPS) is 18.7. The predicted molar refractivity (Wildman–Crippen MR) is 89.1 cm³/mol. The van der Waals surface area contributed by atoms with Crippen LogP contribution in [0.4, 0.5) is 13.2 Å². The lowest BCUT2D eigenvalue weighted by molar-refractivity contribution is -0.137. The highest BCUT2D eigenvalue weighted by Gasteiger charge is 2.33. The molecular weight excluding hydrogens is 329 g/mol. The van der Waals surface area contributed by atoms with E-state index in [2.05, 4.69) is 10.3 Å². The Balaban J connectivity index is 1.74. The molecule has 25 heavy (non-hydrogen) atoms. The first-order valence-electron chi connectivity index (χ1n) is 8.38. The minimum atomic E-state index is -4.40. The molecule has 134 valence electrons. The van der Waals surface area contributed by atoms with Gasteiger partial charge in [-0.3, -0.25) is 4.98 Å². The van der Waals surface area contributed by atoms with E-state index in [0.29, 0.717) is 17.7 Å². The van der Waals surface area contributed by atoms with Crippen LogP contribution >= 0.6 is 0 Å². The second-order valence-electron chi connectivity index (χ2n) is 6.54. The van der Waals surface area contributed by atoms with E-state index in [1.165, 1.54) is 6.07 Å². The van der Waals surface area contributed by atoms with E-state index < -0.39 is 17.8 Å². The summed E-state index contributed by atoms with van der Waals surface area (Å²) >= 11 is 0. The van der Waals surface area contributed by atoms with Crippen LogP contribution in [0.25, 0.3) is 0 Å². The average Bonchev–Trinajstić information content (AvgIpc) is 2.58. The molecular formula is C19H21F3N2O. The van der Waals surface area contributed by atoms with E-state index in [0.717, 1.165) is 30.2 Å². The molecule has 3 nitrogen and oxygen atoms in total. The number of aromatic nitrogens is 1. The third-order valence-corrected chi connectivity index (χ3v) is 4.60. The molecule has 1 aliphatic carbocycles. The molecule has 0 aliphatic heterocycles. The van der Waals surface area contributed by atoms with Crippen LogP contribution in [0.2, 0.25) is 0 Å². The Labute approximate surface area is 144 Å². The van der Waals surface area contributed by atoms with Crippen molar-refractivity contribution in [3.05, 3.63) is 64.5 Å². The molecule has 3 rings (SSSR count). The zero-order valence-electron chi connectivity index (χ0n) is 14.0. The Hall–Kier alpha value is -1.92. The number of aliphatic hydroxyl groups excluding tert-OH is 1. The van der Waals surface area contributed by atoms with E-state index in [4.69, 9.17) is 0 Å². The summed E-state index contributed by atoms with van der Waals surface area (Å²) in [4.78, 5) is 4.01. The number of halogens is 3. The van der Waals surface area contributed by atoms with Gasteiger partial charge < -0.3 is 10.4 Å². The number of nitrogens with one attached hydrogen (secondary N) is 1. The smallest absolute Gasteiger partial charge is 0.387 e. The number of nitrogens with zero attached hydrogens (tertiary/aromatic N) is 1. The zero-order chi connectivity index (χ0) is 18.0. The molecule has 0 spiro atoms. The molecule has 1 aromatic carbocycles. The van der Waals surface area contributed by atoms with Crippen molar-refractivity contribution in [3.63, 3.8) is 0 Å². The Morgan fingerprint density at radius 1 is 1.32 bits per heavy atom. The number of hydrogen-bond donors (Lipinski definition) is 2. The lowest BCUT2D eigenvalue weighted by Crippen LogP contribution is -2.30. The van der Waals surface area contributed by atoms with Gasteiger partial charge in [-0.25, -0.2) is 0 Å². The molecule has 0 bridgehead atoms. The maximum Gasteiger partial charge on any atom is 0.417 e. The second-order valence-corrected chi connectivity index (χ2v) is 6.54. The van der Waals surface area contributed by atoms with Gasteiger partial charge in [0.05, 0.1) is 11.7 Å². The fourth-order valence-corrected chi connectivity index (χ4v) is 3.27. The molecule has 0 radical (unpaired) electrons. The molecule has 0 unspecified atom stereocenters. The van der Waals surface area contributed by atoms with Crippen LogP contribution in [0.3, 0.4) is 0 Å². The maximum absolute atomic E-state index is 13.0. The van der Waals surface area contributed by atoms with Crippen LogP contribution in [-0.2, 0) is 12.6 Å². The van der Waals surface area contributed by atoms with Gasteiger partial charge in [-0.2, -0.15) is 13.2 Å². The summed E-state index contributed by atoms with van der Waals surface area (Å²) in [6, 6.07) is 8.55. The van der Waals surface area contributed by atoms with Crippen molar-refractivity contribution in [1.29, 1.82) is 0 Å². The number of pyridine rings is 1. The first-order valence-corrected chi connectivity index (χ1v) is 8.38.